The molecule has 0 bridgehead atoms. The Morgan fingerprint density at radius 2 is 1.38 bits per heavy atom. The van der Waals surface area contributed by atoms with Gasteiger partial charge in [0.2, 0.25) is 5.69 Å². The van der Waals surface area contributed by atoms with Gasteiger partial charge in [-0.1, -0.05) is 133 Å². The maximum Gasteiger partial charge on any atom is 0.210 e. The third kappa shape index (κ3) is 4.45. The molecule has 1 aliphatic carbocycles. The van der Waals surface area contributed by atoms with Crippen LogP contribution in [0.15, 0.2) is 164 Å². The van der Waals surface area contributed by atoms with Gasteiger partial charge in [-0.2, -0.15) is 4.58 Å². The van der Waals surface area contributed by atoms with Crippen LogP contribution in [0.25, 0.3) is 10.8 Å². The second kappa shape index (κ2) is 11.1. The van der Waals surface area contributed by atoms with E-state index >= 15 is 0 Å². The van der Waals surface area contributed by atoms with E-state index in [4.69, 9.17) is 4.74 Å². The predicted molar refractivity (Wildman–Crippen MR) is 184 cm³/mol. The lowest BCUT2D eigenvalue weighted by molar-refractivity contribution is -0.401. The van der Waals surface area contributed by atoms with E-state index in [2.05, 4.69) is 181 Å². The van der Waals surface area contributed by atoms with Crippen molar-refractivity contribution >= 4 is 22.2 Å². The maximum absolute atomic E-state index is 6.71. The van der Waals surface area contributed by atoms with Crippen molar-refractivity contribution in [2.24, 2.45) is 0 Å². The van der Waals surface area contributed by atoms with Gasteiger partial charge >= 0.3 is 0 Å². The molecule has 8 rings (SSSR count). The van der Waals surface area contributed by atoms with Crippen LogP contribution in [-0.4, -0.2) is 41.4 Å². The van der Waals surface area contributed by atoms with Crippen molar-refractivity contribution in [3.05, 3.63) is 186 Å². The average molecular weight is 586 g/mol. The van der Waals surface area contributed by atoms with Crippen molar-refractivity contribution in [2.45, 2.75) is 29.9 Å². The molecule has 1 saturated heterocycles. The zero-order chi connectivity index (χ0) is 30.4. The number of rotatable bonds is 6. The summed E-state index contributed by atoms with van der Waals surface area (Å²) in [4.78, 5) is 2.29. The third-order valence-corrected chi connectivity index (χ3v) is 9.99. The van der Waals surface area contributed by atoms with Crippen molar-refractivity contribution in [3.8, 4) is 0 Å². The van der Waals surface area contributed by atoms with Crippen molar-refractivity contribution in [1.29, 1.82) is 0 Å². The Bertz CT molecular complexity index is 1950. The highest BCUT2D eigenvalue weighted by atomic mass is 16.5. The van der Waals surface area contributed by atoms with Gasteiger partial charge in [0.05, 0.1) is 12.1 Å². The fraction of sp³-hybridized carbons (Fsp3) is 0.167. The summed E-state index contributed by atoms with van der Waals surface area (Å²) in [5.74, 6) is 0.924. The lowest BCUT2D eigenvalue weighted by Gasteiger charge is -2.38. The number of allylic oxidation sites excluding steroid dienone is 3. The highest BCUT2D eigenvalue weighted by molar-refractivity contribution is 6.09. The van der Waals surface area contributed by atoms with E-state index in [1.54, 1.807) is 0 Å². The average Bonchev–Trinajstić information content (AvgIpc) is 3.53. The molecule has 0 radical (unpaired) electrons. The van der Waals surface area contributed by atoms with Crippen LogP contribution < -0.4 is 0 Å². The van der Waals surface area contributed by atoms with Gasteiger partial charge in [-0.3, -0.25) is 0 Å². The minimum Gasteiger partial charge on any atom is -0.469 e. The van der Waals surface area contributed by atoms with E-state index in [9.17, 15) is 0 Å². The van der Waals surface area contributed by atoms with E-state index in [1.165, 1.54) is 44.4 Å². The Morgan fingerprint density at radius 3 is 2.07 bits per heavy atom. The van der Waals surface area contributed by atoms with Crippen LogP contribution in [0.3, 0.4) is 0 Å². The van der Waals surface area contributed by atoms with Gasteiger partial charge in [0.25, 0.3) is 0 Å². The van der Waals surface area contributed by atoms with E-state index in [-0.39, 0.29) is 18.1 Å². The van der Waals surface area contributed by atoms with E-state index in [1.807, 2.05) is 0 Å². The highest BCUT2D eigenvalue weighted by Gasteiger charge is 2.57. The molecule has 220 valence electrons. The number of likely N-dealkylation sites (N-methyl/N-ethyl adjacent to an activating group) is 1. The number of benzene rings is 5. The van der Waals surface area contributed by atoms with Gasteiger partial charge in [0.15, 0.2) is 11.6 Å². The molecule has 45 heavy (non-hydrogen) atoms. The van der Waals surface area contributed by atoms with Crippen molar-refractivity contribution in [1.82, 2.24) is 4.90 Å². The Balaban J connectivity index is 1.48. The summed E-state index contributed by atoms with van der Waals surface area (Å²) in [6, 6.07) is 46.9. The van der Waals surface area contributed by atoms with Crippen LogP contribution in [-0.2, 0) is 16.6 Å². The zero-order valence-corrected chi connectivity index (χ0v) is 25.8. The molecule has 0 amide bonds. The van der Waals surface area contributed by atoms with E-state index in [0.29, 0.717) is 0 Å². The first-order valence-electron chi connectivity index (χ1n) is 15.9. The van der Waals surface area contributed by atoms with Gasteiger partial charge in [0.1, 0.15) is 18.6 Å². The van der Waals surface area contributed by atoms with E-state index in [0.717, 1.165) is 12.3 Å². The molecule has 3 nitrogen and oxygen atoms in total. The Labute approximate surface area is 265 Å². The molecule has 0 spiro atoms. The monoisotopic (exact) mass is 585 g/mol. The normalized spacial score (nSPS) is 22.7. The van der Waals surface area contributed by atoms with Crippen molar-refractivity contribution in [3.63, 3.8) is 0 Å². The molecule has 2 aliphatic heterocycles. The molecular formula is C42H37N2O+. The molecule has 5 aromatic rings. The molecule has 0 saturated carbocycles. The Morgan fingerprint density at radius 1 is 0.756 bits per heavy atom. The summed E-state index contributed by atoms with van der Waals surface area (Å²) >= 11 is 0. The van der Waals surface area contributed by atoms with Crippen molar-refractivity contribution in [2.75, 3.05) is 14.1 Å². The first-order chi connectivity index (χ1) is 22.1. The van der Waals surface area contributed by atoms with Crippen LogP contribution in [0.5, 0.6) is 0 Å². The fourth-order valence-corrected chi connectivity index (χ4v) is 7.99. The summed E-state index contributed by atoms with van der Waals surface area (Å²) < 4.78 is 9.14. The minimum atomic E-state index is -0.467. The maximum atomic E-state index is 6.71. The van der Waals surface area contributed by atoms with Crippen molar-refractivity contribution < 1.29 is 9.31 Å². The Kier molecular flexibility index (Phi) is 6.75. The van der Waals surface area contributed by atoms with Gasteiger partial charge in [-0.15, -0.1) is 0 Å². The summed E-state index contributed by atoms with van der Waals surface area (Å²) in [5.41, 5.74) is 7.28. The van der Waals surface area contributed by atoms with Gasteiger partial charge < -0.3 is 9.64 Å². The lowest BCUT2D eigenvalue weighted by atomic mass is 9.59. The molecule has 3 unspecified atom stereocenters. The molecular weight excluding hydrogens is 548 g/mol. The molecule has 0 N–H and O–H groups in total. The molecule has 3 heteroatoms. The Hall–Kier alpha value is -5.15. The molecule has 0 aromatic heterocycles. The molecule has 1 fully saturated rings. The van der Waals surface area contributed by atoms with Gasteiger partial charge in [0, 0.05) is 24.6 Å². The zero-order valence-electron chi connectivity index (χ0n) is 25.8. The largest absolute Gasteiger partial charge is 0.469 e. The molecule has 3 atom stereocenters. The number of hydrogen-bond acceptors (Lipinski definition) is 2. The first kappa shape index (κ1) is 27.4. The van der Waals surface area contributed by atoms with Crippen LogP contribution in [0.4, 0.5) is 5.69 Å². The SMILES string of the molecule is CN1C(=CC2=[N+](C)c3ccc4ccccc4c3C2(Cc2ccccc2)C(c2ccccc2)c2ccccc2)OC2C=CC=CC21. The smallest absolute Gasteiger partial charge is 0.210 e. The molecule has 2 heterocycles. The summed E-state index contributed by atoms with van der Waals surface area (Å²) in [6.07, 6.45) is 11.8. The van der Waals surface area contributed by atoms with Gasteiger partial charge in [-0.05, 0) is 46.0 Å². The minimum absolute atomic E-state index is 0.00401. The van der Waals surface area contributed by atoms with Crippen LogP contribution in [0.1, 0.15) is 28.2 Å². The number of ether oxygens (including phenoxy) is 1. The number of fused-ring (bicyclic) bond motifs is 4. The fourth-order valence-electron chi connectivity index (χ4n) is 7.99. The lowest BCUT2D eigenvalue weighted by Crippen LogP contribution is -2.43. The quantitative estimate of drug-likeness (QED) is 0.186. The second-order valence-corrected chi connectivity index (χ2v) is 12.4. The van der Waals surface area contributed by atoms with Crippen LogP contribution in [0, 0.1) is 0 Å². The summed E-state index contributed by atoms with van der Waals surface area (Å²) in [7, 11) is 4.39. The molecule has 3 aliphatic rings. The van der Waals surface area contributed by atoms with E-state index < -0.39 is 5.41 Å². The first-order valence-corrected chi connectivity index (χ1v) is 15.9. The summed E-state index contributed by atoms with van der Waals surface area (Å²) in [5, 5.41) is 2.55. The van der Waals surface area contributed by atoms with Crippen LogP contribution >= 0.6 is 0 Å². The topological polar surface area (TPSA) is 15.5 Å². The third-order valence-electron chi connectivity index (χ3n) is 9.99. The van der Waals surface area contributed by atoms with Gasteiger partial charge in [-0.25, -0.2) is 0 Å². The predicted octanol–water partition coefficient (Wildman–Crippen LogP) is 8.55. The number of nitrogens with zero attached hydrogens (tertiary/aromatic N) is 2. The second-order valence-electron chi connectivity index (χ2n) is 12.4. The van der Waals surface area contributed by atoms with Crippen LogP contribution in [0.2, 0.25) is 0 Å². The highest BCUT2D eigenvalue weighted by Crippen LogP contribution is 2.55. The summed E-state index contributed by atoms with van der Waals surface area (Å²) in [6.45, 7) is 0. The standard InChI is InChI=1S/C42H37N2O/c1-43-36-27-26-31-18-12-13-23-34(31)41(36)42(29-30-16-6-3-7-17-30,38(43)28-39-44(2)35-24-14-15-25-37(35)45-39)40(32-19-8-4-9-20-32)33-21-10-5-11-22-33/h3-28,35,37,40H,29H2,1-2H3/q+1. The molecule has 5 aromatic carbocycles. The number of hydrogen-bond donors (Lipinski definition) is 0.